The van der Waals surface area contributed by atoms with Crippen molar-refractivity contribution in [3.05, 3.63) is 51.8 Å². The molecular weight excluding hydrogens is 338 g/mol. The Morgan fingerprint density at radius 1 is 1.29 bits per heavy atom. The van der Waals surface area contributed by atoms with Gasteiger partial charge in [0.2, 0.25) is 0 Å². The van der Waals surface area contributed by atoms with Crippen molar-refractivity contribution >= 4 is 15.9 Å². The van der Waals surface area contributed by atoms with Crippen molar-refractivity contribution in [2.45, 2.75) is 32.7 Å². The highest BCUT2D eigenvalue weighted by Gasteiger charge is 2.33. The van der Waals surface area contributed by atoms with Crippen LogP contribution in [0.1, 0.15) is 37.6 Å². The Morgan fingerprint density at radius 2 is 1.90 bits per heavy atom. The SMILES string of the molecule is CC1(C)Cc2c(ccn2-c2c(F)cc(Br)cc2F)C(N)C1. The molecule has 21 heavy (non-hydrogen) atoms. The summed E-state index contributed by atoms with van der Waals surface area (Å²) in [6, 6.07) is 4.33. The van der Waals surface area contributed by atoms with Crippen LogP contribution in [0.15, 0.2) is 28.9 Å². The van der Waals surface area contributed by atoms with Gasteiger partial charge in [-0.1, -0.05) is 29.8 Å². The molecule has 2 aromatic rings. The van der Waals surface area contributed by atoms with Crippen LogP contribution in [0.4, 0.5) is 8.78 Å². The molecule has 2 N–H and O–H groups in total. The van der Waals surface area contributed by atoms with E-state index in [0.717, 1.165) is 24.1 Å². The highest BCUT2D eigenvalue weighted by atomic mass is 79.9. The standard InChI is InChI=1S/C16H17BrF2N2/c1-16(2)7-13(20)10-3-4-21(14(10)8-16)15-11(18)5-9(17)6-12(15)19/h3-6,13H,7-8,20H2,1-2H3. The van der Waals surface area contributed by atoms with E-state index in [2.05, 4.69) is 29.8 Å². The van der Waals surface area contributed by atoms with Crippen LogP contribution >= 0.6 is 15.9 Å². The first kappa shape index (κ1) is 14.7. The molecule has 1 aliphatic carbocycles. The Bertz CT molecular complexity index is 683. The first-order valence-electron chi connectivity index (χ1n) is 6.89. The van der Waals surface area contributed by atoms with Gasteiger partial charge in [-0.05, 0) is 42.0 Å². The molecule has 5 heteroatoms. The Morgan fingerprint density at radius 3 is 2.52 bits per heavy atom. The number of aromatic nitrogens is 1. The quantitative estimate of drug-likeness (QED) is 0.803. The topological polar surface area (TPSA) is 30.9 Å². The summed E-state index contributed by atoms with van der Waals surface area (Å²) in [5.74, 6) is -1.17. The number of rotatable bonds is 1. The monoisotopic (exact) mass is 354 g/mol. The lowest BCUT2D eigenvalue weighted by atomic mass is 9.74. The second-order valence-electron chi connectivity index (χ2n) is 6.46. The number of hydrogen-bond donors (Lipinski definition) is 1. The number of fused-ring (bicyclic) bond motifs is 1. The summed E-state index contributed by atoms with van der Waals surface area (Å²) >= 11 is 3.10. The predicted molar refractivity (Wildman–Crippen MR) is 82.4 cm³/mol. The van der Waals surface area contributed by atoms with Crippen LogP contribution in [0.2, 0.25) is 0 Å². The number of benzene rings is 1. The molecule has 0 saturated carbocycles. The van der Waals surface area contributed by atoms with Crippen LogP contribution < -0.4 is 5.73 Å². The maximum absolute atomic E-state index is 14.2. The third-order valence-electron chi connectivity index (χ3n) is 4.07. The van der Waals surface area contributed by atoms with E-state index in [1.165, 1.54) is 12.1 Å². The summed E-state index contributed by atoms with van der Waals surface area (Å²) in [6.45, 7) is 4.25. The number of nitrogens with zero attached hydrogens (tertiary/aromatic N) is 1. The Balaban J connectivity index is 2.19. The van der Waals surface area contributed by atoms with E-state index in [-0.39, 0.29) is 17.1 Å². The summed E-state index contributed by atoms with van der Waals surface area (Å²) in [4.78, 5) is 0. The average molecular weight is 355 g/mol. The van der Waals surface area contributed by atoms with E-state index in [9.17, 15) is 8.78 Å². The zero-order valence-electron chi connectivity index (χ0n) is 12.0. The van der Waals surface area contributed by atoms with Crippen molar-refractivity contribution in [2.24, 2.45) is 11.1 Å². The summed E-state index contributed by atoms with van der Waals surface area (Å²) in [7, 11) is 0. The molecular formula is C16H17BrF2N2. The smallest absolute Gasteiger partial charge is 0.151 e. The molecule has 112 valence electrons. The second kappa shape index (κ2) is 4.92. The molecule has 0 amide bonds. The van der Waals surface area contributed by atoms with Crippen LogP contribution in [-0.2, 0) is 6.42 Å². The molecule has 0 spiro atoms. The van der Waals surface area contributed by atoms with Crippen molar-refractivity contribution in [3.63, 3.8) is 0 Å². The first-order chi connectivity index (χ1) is 9.78. The third-order valence-corrected chi connectivity index (χ3v) is 4.53. The molecule has 0 bridgehead atoms. The first-order valence-corrected chi connectivity index (χ1v) is 7.68. The minimum absolute atomic E-state index is 0.0187. The third kappa shape index (κ3) is 2.53. The average Bonchev–Trinajstić information content (AvgIpc) is 2.70. The summed E-state index contributed by atoms with van der Waals surface area (Å²) < 4.78 is 30.4. The molecule has 1 heterocycles. The lowest BCUT2D eigenvalue weighted by Gasteiger charge is -2.34. The fourth-order valence-electron chi connectivity index (χ4n) is 3.21. The van der Waals surface area contributed by atoms with Crippen LogP contribution in [0.25, 0.3) is 5.69 Å². The second-order valence-corrected chi connectivity index (χ2v) is 7.37. The highest BCUT2D eigenvalue weighted by molar-refractivity contribution is 9.10. The molecule has 1 unspecified atom stereocenters. The van der Waals surface area contributed by atoms with Gasteiger partial charge in [0, 0.05) is 22.4 Å². The van der Waals surface area contributed by atoms with E-state index in [0.29, 0.717) is 4.47 Å². The number of nitrogens with two attached hydrogens (primary N) is 1. The minimum Gasteiger partial charge on any atom is -0.324 e. The van der Waals surface area contributed by atoms with Crippen LogP contribution in [0.5, 0.6) is 0 Å². The predicted octanol–water partition coefficient (Wildman–Crippen LogP) is 4.49. The molecule has 0 radical (unpaired) electrons. The molecule has 2 nitrogen and oxygen atoms in total. The molecule has 0 aliphatic heterocycles. The molecule has 0 fully saturated rings. The van der Waals surface area contributed by atoms with Gasteiger partial charge >= 0.3 is 0 Å². The fraction of sp³-hybridized carbons (Fsp3) is 0.375. The molecule has 1 aromatic carbocycles. The van der Waals surface area contributed by atoms with Gasteiger partial charge in [-0.3, -0.25) is 0 Å². The van der Waals surface area contributed by atoms with Crippen molar-refractivity contribution in [1.29, 1.82) is 0 Å². The van der Waals surface area contributed by atoms with Gasteiger partial charge in [-0.25, -0.2) is 8.78 Å². The fourth-order valence-corrected chi connectivity index (χ4v) is 3.61. The summed E-state index contributed by atoms with van der Waals surface area (Å²) in [5.41, 5.74) is 8.07. The van der Waals surface area contributed by atoms with Gasteiger partial charge in [0.25, 0.3) is 0 Å². The van der Waals surface area contributed by atoms with Crippen molar-refractivity contribution in [1.82, 2.24) is 4.57 Å². The van der Waals surface area contributed by atoms with Crippen molar-refractivity contribution in [3.8, 4) is 5.69 Å². The normalized spacial score (nSPS) is 20.4. The van der Waals surface area contributed by atoms with Gasteiger partial charge < -0.3 is 10.3 Å². The Hall–Kier alpha value is -1.20. The van der Waals surface area contributed by atoms with E-state index in [1.54, 1.807) is 10.8 Å². The Kier molecular flexibility index (Phi) is 3.45. The van der Waals surface area contributed by atoms with Gasteiger partial charge in [0.05, 0.1) is 0 Å². The van der Waals surface area contributed by atoms with Crippen LogP contribution in [0, 0.1) is 17.0 Å². The van der Waals surface area contributed by atoms with Crippen LogP contribution in [-0.4, -0.2) is 4.57 Å². The molecule has 1 aliphatic rings. The lowest BCUT2D eigenvalue weighted by Crippen LogP contribution is -2.30. The Labute approximate surface area is 131 Å². The maximum atomic E-state index is 14.2. The zero-order valence-corrected chi connectivity index (χ0v) is 13.5. The molecule has 3 rings (SSSR count). The number of halogens is 3. The van der Waals surface area contributed by atoms with Crippen LogP contribution in [0.3, 0.4) is 0 Å². The lowest BCUT2D eigenvalue weighted by molar-refractivity contribution is 0.278. The van der Waals surface area contributed by atoms with E-state index < -0.39 is 11.6 Å². The highest BCUT2D eigenvalue weighted by Crippen LogP contribution is 2.41. The van der Waals surface area contributed by atoms with Gasteiger partial charge in [-0.15, -0.1) is 0 Å². The largest absolute Gasteiger partial charge is 0.324 e. The maximum Gasteiger partial charge on any atom is 0.151 e. The number of hydrogen-bond acceptors (Lipinski definition) is 1. The van der Waals surface area contributed by atoms with E-state index in [1.807, 2.05) is 6.07 Å². The van der Waals surface area contributed by atoms with E-state index >= 15 is 0 Å². The molecule has 1 atom stereocenters. The summed E-state index contributed by atoms with van der Waals surface area (Å²) in [6.07, 6.45) is 3.33. The molecule has 1 aromatic heterocycles. The van der Waals surface area contributed by atoms with Gasteiger partial charge in [0.1, 0.15) is 5.69 Å². The van der Waals surface area contributed by atoms with Gasteiger partial charge in [-0.2, -0.15) is 0 Å². The zero-order chi connectivity index (χ0) is 15.4. The summed E-state index contributed by atoms with van der Waals surface area (Å²) in [5, 5.41) is 0. The molecule has 0 saturated heterocycles. The van der Waals surface area contributed by atoms with Crippen molar-refractivity contribution in [2.75, 3.05) is 0 Å². The van der Waals surface area contributed by atoms with Crippen molar-refractivity contribution < 1.29 is 8.78 Å². The van der Waals surface area contributed by atoms with E-state index in [4.69, 9.17) is 5.73 Å². The van der Waals surface area contributed by atoms with Gasteiger partial charge in [0.15, 0.2) is 11.6 Å². The minimum atomic E-state index is -0.586.